The second kappa shape index (κ2) is 5.52. The minimum atomic E-state index is -0.401. The lowest BCUT2D eigenvalue weighted by Crippen LogP contribution is -2.20. The van der Waals surface area contributed by atoms with Crippen LogP contribution in [0.15, 0.2) is 0 Å². The highest BCUT2D eigenvalue weighted by molar-refractivity contribution is 6.32. The zero-order valence-electron chi connectivity index (χ0n) is 10.8. The third-order valence-electron chi connectivity index (χ3n) is 3.17. The maximum Gasteiger partial charge on any atom is 0.141 e. The van der Waals surface area contributed by atoms with Gasteiger partial charge in [-0.15, -0.1) is 0 Å². The summed E-state index contributed by atoms with van der Waals surface area (Å²) in [7, 11) is 3.34. The van der Waals surface area contributed by atoms with Crippen LogP contribution in [0.1, 0.15) is 28.3 Å². The van der Waals surface area contributed by atoms with Gasteiger partial charge in [-0.25, -0.2) is 0 Å². The maximum atomic E-state index is 11.1. The molecule has 0 spiro atoms. The summed E-state index contributed by atoms with van der Waals surface area (Å²) in [5, 5.41) is 3.65. The fourth-order valence-electron chi connectivity index (χ4n) is 2.02. The molecule has 1 N–H and O–H groups in total. The van der Waals surface area contributed by atoms with Gasteiger partial charge in [0.2, 0.25) is 0 Å². The van der Waals surface area contributed by atoms with Crippen LogP contribution in [0.2, 0.25) is 5.02 Å². The second-order valence-corrected chi connectivity index (χ2v) is 4.42. The molecule has 0 aliphatic rings. The van der Waals surface area contributed by atoms with Crippen molar-refractivity contribution in [1.82, 2.24) is 5.32 Å². The second-order valence-electron chi connectivity index (χ2n) is 4.04. The summed E-state index contributed by atoms with van der Waals surface area (Å²) in [4.78, 5) is 11.1. The van der Waals surface area contributed by atoms with Gasteiger partial charge in [0.05, 0.1) is 13.2 Å². The monoisotopic (exact) mass is 255 g/mol. The molecular formula is C13H18ClNO2. The molecule has 0 amide bonds. The van der Waals surface area contributed by atoms with Gasteiger partial charge in [0.25, 0.3) is 0 Å². The van der Waals surface area contributed by atoms with Gasteiger partial charge in [-0.2, -0.15) is 0 Å². The summed E-state index contributed by atoms with van der Waals surface area (Å²) in [5.41, 5.74) is 3.67. The first-order valence-electron chi connectivity index (χ1n) is 5.45. The number of hydrogen-bond donors (Lipinski definition) is 1. The predicted molar refractivity (Wildman–Crippen MR) is 70.1 cm³/mol. The van der Waals surface area contributed by atoms with E-state index in [0.717, 1.165) is 34.3 Å². The smallest absolute Gasteiger partial charge is 0.141 e. The van der Waals surface area contributed by atoms with Crippen LogP contribution >= 0.6 is 11.6 Å². The van der Waals surface area contributed by atoms with Crippen LogP contribution in [0.5, 0.6) is 5.75 Å². The molecule has 0 saturated carbocycles. The zero-order chi connectivity index (χ0) is 13.2. The fraction of sp³-hybridized carbons (Fsp3) is 0.462. The van der Waals surface area contributed by atoms with Crippen LogP contribution in [-0.4, -0.2) is 20.4 Å². The molecular weight excluding hydrogens is 238 g/mol. The van der Waals surface area contributed by atoms with E-state index in [1.54, 1.807) is 14.2 Å². The van der Waals surface area contributed by atoms with Gasteiger partial charge < -0.3 is 14.8 Å². The minimum Gasteiger partial charge on any atom is -0.496 e. The third-order valence-corrected chi connectivity index (χ3v) is 3.74. The quantitative estimate of drug-likeness (QED) is 0.841. The van der Waals surface area contributed by atoms with Crippen molar-refractivity contribution < 1.29 is 9.53 Å². The molecule has 0 radical (unpaired) electrons. The number of ether oxygens (including phenoxy) is 1. The van der Waals surface area contributed by atoms with Crippen LogP contribution in [0, 0.1) is 20.8 Å². The summed E-state index contributed by atoms with van der Waals surface area (Å²) in [6, 6.07) is -0.401. The molecule has 4 heteroatoms. The minimum absolute atomic E-state index is 0.401. The number of likely N-dealkylation sites (N-methyl/N-ethyl adjacent to an activating group) is 1. The van der Waals surface area contributed by atoms with E-state index in [2.05, 4.69) is 5.32 Å². The van der Waals surface area contributed by atoms with Crippen LogP contribution in [0.25, 0.3) is 0 Å². The fourth-order valence-corrected chi connectivity index (χ4v) is 2.27. The molecule has 17 heavy (non-hydrogen) atoms. The highest BCUT2D eigenvalue weighted by Gasteiger charge is 2.22. The van der Waals surface area contributed by atoms with Crippen LogP contribution in [-0.2, 0) is 4.79 Å². The van der Waals surface area contributed by atoms with Crippen molar-refractivity contribution in [3.05, 3.63) is 27.3 Å². The molecule has 94 valence electrons. The number of benzene rings is 1. The summed E-state index contributed by atoms with van der Waals surface area (Å²) >= 11 is 6.28. The van der Waals surface area contributed by atoms with Crippen LogP contribution in [0.3, 0.4) is 0 Å². The largest absolute Gasteiger partial charge is 0.496 e. The normalized spacial score (nSPS) is 12.4. The molecule has 0 heterocycles. The first-order chi connectivity index (χ1) is 7.99. The Morgan fingerprint density at radius 1 is 1.24 bits per heavy atom. The number of rotatable bonds is 4. The number of hydrogen-bond acceptors (Lipinski definition) is 3. The Bertz CT molecular complexity index is 444. The number of nitrogens with one attached hydrogen (secondary N) is 1. The van der Waals surface area contributed by atoms with Crippen molar-refractivity contribution in [2.75, 3.05) is 14.2 Å². The number of aldehydes is 1. The van der Waals surface area contributed by atoms with Gasteiger partial charge in [-0.05, 0) is 44.5 Å². The van der Waals surface area contributed by atoms with E-state index >= 15 is 0 Å². The standard InChI is InChI=1S/C13H18ClNO2/c1-7-8(2)13(17-5)11(9(3)12(7)14)10(6-16)15-4/h6,10,15H,1-5H3. The lowest BCUT2D eigenvalue weighted by Gasteiger charge is -2.21. The Kier molecular flexibility index (Phi) is 4.54. The van der Waals surface area contributed by atoms with Crippen molar-refractivity contribution in [3.8, 4) is 5.75 Å². The molecule has 1 rings (SSSR count). The summed E-state index contributed by atoms with van der Waals surface area (Å²) in [6.07, 6.45) is 0.857. The molecule has 0 saturated heterocycles. The van der Waals surface area contributed by atoms with Gasteiger partial charge >= 0.3 is 0 Å². The first-order valence-corrected chi connectivity index (χ1v) is 5.83. The average Bonchev–Trinajstić information content (AvgIpc) is 2.34. The summed E-state index contributed by atoms with van der Waals surface area (Å²) in [5.74, 6) is 0.732. The molecule has 0 fully saturated rings. The van der Waals surface area contributed by atoms with E-state index < -0.39 is 6.04 Å². The molecule has 0 bridgehead atoms. The van der Waals surface area contributed by atoms with Crippen molar-refractivity contribution >= 4 is 17.9 Å². The number of halogens is 1. The number of carbonyl (C=O) groups excluding carboxylic acids is 1. The van der Waals surface area contributed by atoms with Crippen LogP contribution in [0.4, 0.5) is 0 Å². The molecule has 0 aromatic heterocycles. The Morgan fingerprint density at radius 2 is 1.82 bits per heavy atom. The van der Waals surface area contributed by atoms with E-state index in [1.165, 1.54) is 0 Å². The molecule has 0 aliphatic carbocycles. The molecule has 0 aliphatic heterocycles. The van der Waals surface area contributed by atoms with Gasteiger partial charge in [0.15, 0.2) is 0 Å². The van der Waals surface area contributed by atoms with Gasteiger partial charge in [-0.3, -0.25) is 0 Å². The average molecular weight is 256 g/mol. The third kappa shape index (κ3) is 2.31. The maximum absolute atomic E-state index is 11.1. The van der Waals surface area contributed by atoms with Crippen LogP contribution < -0.4 is 10.1 Å². The van der Waals surface area contributed by atoms with Gasteiger partial charge in [0, 0.05) is 10.6 Å². The zero-order valence-corrected chi connectivity index (χ0v) is 11.6. The molecule has 1 aromatic rings. The van der Waals surface area contributed by atoms with E-state index in [-0.39, 0.29) is 0 Å². The Morgan fingerprint density at radius 3 is 2.24 bits per heavy atom. The highest BCUT2D eigenvalue weighted by Crippen LogP contribution is 2.38. The molecule has 1 atom stereocenters. The van der Waals surface area contributed by atoms with Crippen molar-refractivity contribution in [2.24, 2.45) is 0 Å². The van der Waals surface area contributed by atoms with E-state index in [4.69, 9.17) is 16.3 Å². The summed E-state index contributed by atoms with van der Waals surface area (Å²) in [6.45, 7) is 5.80. The van der Waals surface area contributed by atoms with Crippen molar-refractivity contribution in [2.45, 2.75) is 26.8 Å². The lowest BCUT2D eigenvalue weighted by molar-refractivity contribution is -0.109. The van der Waals surface area contributed by atoms with Gasteiger partial charge in [-0.1, -0.05) is 11.6 Å². The molecule has 3 nitrogen and oxygen atoms in total. The molecule has 1 unspecified atom stereocenters. The van der Waals surface area contributed by atoms with Crippen molar-refractivity contribution in [1.29, 1.82) is 0 Å². The van der Waals surface area contributed by atoms with E-state index in [1.807, 2.05) is 20.8 Å². The lowest BCUT2D eigenvalue weighted by atomic mass is 9.94. The van der Waals surface area contributed by atoms with Gasteiger partial charge in [0.1, 0.15) is 12.0 Å². The van der Waals surface area contributed by atoms with E-state index in [9.17, 15) is 4.79 Å². The van der Waals surface area contributed by atoms with Crippen molar-refractivity contribution in [3.63, 3.8) is 0 Å². The predicted octanol–water partition coefficient (Wildman–Crippen LogP) is 2.73. The number of methoxy groups -OCH3 is 1. The Balaban J connectivity index is 3.62. The first kappa shape index (κ1) is 14.0. The Labute approximate surface area is 107 Å². The van der Waals surface area contributed by atoms with E-state index in [0.29, 0.717) is 5.02 Å². The topological polar surface area (TPSA) is 38.3 Å². The number of carbonyl (C=O) groups is 1. The highest BCUT2D eigenvalue weighted by atomic mass is 35.5. The Hall–Kier alpha value is -1.06. The molecule has 1 aromatic carbocycles. The SMILES string of the molecule is CNC(C=O)c1c(C)c(Cl)c(C)c(C)c1OC. The summed E-state index contributed by atoms with van der Waals surface area (Å²) < 4.78 is 5.42.